The van der Waals surface area contributed by atoms with Crippen LogP contribution in [-0.4, -0.2) is 73.6 Å². The third-order valence-electron chi connectivity index (χ3n) is 7.23. The van der Waals surface area contributed by atoms with Crippen molar-refractivity contribution in [3.63, 3.8) is 0 Å². The summed E-state index contributed by atoms with van der Waals surface area (Å²) < 4.78 is 47.6. The van der Waals surface area contributed by atoms with Gasteiger partial charge in [0.2, 0.25) is 5.88 Å². The predicted molar refractivity (Wildman–Crippen MR) is 131 cm³/mol. The fraction of sp³-hybridized carbons (Fsp3) is 0.500. The summed E-state index contributed by atoms with van der Waals surface area (Å²) in [6.45, 7) is 1.23. The molecular formula is C24H28F3N7O4. The number of carbonyl (C=O) groups excluding carboxylic acids is 1. The van der Waals surface area contributed by atoms with Crippen molar-refractivity contribution in [3.05, 3.63) is 46.8 Å². The zero-order valence-electron chi connectivity index (χ0n) is 20.9. The molecule has 0 aromatic carbocycles. The molecule has 2 aliphatic rings. The quantitative estimate of drug-likeness (QED) is 0.516. The third kappa shape index (κ3) is 4.99. The number of pyridine rings is 1. The first kappa shape index (κ1) is 25.8. The maximum Gasteiger partial charge on any atom is 0.417 e. The molecule has 1 saturated heterocycles. The number of aryl methyl sites for hydroxylation is 1. The van der Waals surface area contributed by atoms with Crippen LogP contribution in [0.2, 0.25) is 0 Å². The minimum absolute atomic E-state index is 0.172. The highest BCUT2D eigenvalue weighted by molar-refractivity contribution is 5.89. The van der Waals surface area contributed by atoms with E-state index in [0.29, 0.717) is 44.1 Å². The number of alkyl halides is 3. The number of hydrogen-bond donors (Lipinski definition) is 2. The highest BCUT2D eigenvalue weighted by Crippen LogP contribution is 2.31. The molecule has 0 bridgehead atoms. The minimum atomic E-state index is -4.65. The number of urea groups is 1. The van der Waals surface area contributed by atoms with Crippen molar-refractivity contribution in [3.8, 4) is 5.88 Å². The lowest BCUT2D eigenvalue weighted by molar-refractivity contribution is -0.138. The topological polar surface area (TPSA) is 117 Å². The fourth-order valence-corrected chi connectivity index (χ4v) is 4.72. The smallest absolute Gasteiger partial charge is 0.417 e. The van der Waals surface area contributed by atoms with E-state index in [-0.39, 0.29) is 12.1 Å². The van der Waals surface area contributed by atoms with Gasteiger partial charge in [0.15, 0.2) is 0 Å². The van der Waals surface area contributed by atoms with Crippen molar-refractivity contribution >= 4 is 22.9 Å². The van der Waals surface area contributed by atoms with Gasteiger partial charge >= 0.3 is 12.2 Å². The van der Waals surface area contributed by atoms with E-state index in [0.717, 1.165) is 28.6 Å². The van der Waals surface area contributed by atoms with Crippen LogP contribution in [0.1, 0.15) is 31.2 Å². The monoisotopic (exact) mass is 535 g/mol. The number of piperidine rings is 1. The van der Waals surface area contributed by atoms with Crippen LogP contribution < -0.4 is 20.5 Å². The van der Waals surface area contributed by atoms with Crippen LogP contribution in [0.15, 0.2) is 35.6 Å². The van der Waals surface area contributed by atoms with Crippen LogP contribution in [0.3, 0.4) is 0 Å². The Morgan fingerprint density at radius 2 is 1.92 bits per heavy atom. The molecule has 2 fully saturated rings. The van der Waals surface area contributed by atoms with Gasteiger partial charge in [0, 0.05) is 39.4 Å². The van der Waals surface area contributed by atoms with E-state index < -0.39 is 35.1 Å². The number of rotatable bonds is 5. The number of fused-ring (bicyclic) bond motifs is 1. The lowest BCUT2D eigenvalue weighted by Gasteiger charge is -2.37. The highest BCUT2D eigenvalue weighted by atomic mass is 19.4. The number of amides is 2. The van der Waals surface area contributed by atoms with Crippen molar-refractivity contribution in [2.24, 2.45) is 7.05 Å². The second-order valence-electron chi connectivity index (χ2n) is 9.70. The van der Waals surface area contributed by atoms with Gasteiger partial charge < -0.3 is 29.5 Å². The average molecular weight is 536 g/mol. The Balaban J connectivity index is 1.21. The summed E-state index contributed by atoms with van der Waals surface area (Å²) in [4.78, 5) is 33.0. The van der Waals surface area contributed by atoms with Crippen LogP contribution in [0.5, 0.6) is 5.88 Å². The molecule has 1 aliphatic carbocycles. The zero-order valence-corrected chi connectivity index (χ0v) is 20.9. The van der Waals surface area contributed by atoms with Gasteiger partial charge in [-0.1, -0.05) is 0 Å². The SMILES string of the molecule is CN(C(=O)Nc1cc(C(F)(F)F)cn(C)c1=O)C1CCN(c2cnn3cc(O[C@@H]4CC[C@@H]4O)ncc23)CC1. The normalized spacial score (nSPS) is 20.3. The number of hydrogen-bond acceptors (Lipinski definition) is 7. The van der Waals surface area contributed by atoms with E-state index in [1.807, 2.05) is 0 Å². The Labute approximate surface area is 215 Å². The second kappa shape index (κ2) is 9.82. The Bertz CT molecular complexity index is 1400. The first-order valence-electron chi connectivity index (χ1n) is 12.3. The Kier molecular flexibility index (Phi) is 6.67. The zero-order chi connectivity index (χ0) is 27.2. The lowest BCUT2D eigenvalue weighted by Crippen LogP contribution is -2.47. The van der Waals surface area contributed by atoms with Crippen molar-refractivity contribution in [1.29, 1.82) is 0 Å². The number of nitrogens with one attached hydrogen (secondary N) is 1. The number of nitrogens with zero attached hydrogens (tertiary/aromatic N) is 6. The summed E-state index contributed by atoms with van der Waals surface area (Å²) in [5, 5.41) is 16.5. The number of ether oxygens (including phenoxy) is 1. The third-order valence-corrected chi connectivity index (χ3v) is 7.23. The van der Waals surface area contributed by atoms with Crippen LogP contribution in [-0.2, 0) is 13.2 Å². The molecule has 2 atom stereocenters. The van der Waals surface area contributed by atoms with Gasteiger partial charge in [0.1, 0.15) is 17.3 Å². The molecule has 1 aliphatic heterocycles. The Morgan fingerprint density at radius 1 is 1.18 bits per heavy atom. The molecule has 38 heavy (non-hydrogen) atoms. The number of halogens is 3. The molecule has 0 spiro atoms. The van der Waals surface area contributed by atoms with Gasteiger partial charge in [0.25, 0.3) is 5.56 Å². The summed E-state index contributed by atoms with van der Waals surface area (Å²) in [6.07, 6.45) is 3.11. The Morgan fingerprint density at radius 3 is 2.55 bits per heavy atom. The molecule has 0 unspecified atom stereocenters. The van der Waals surface area contributed by atoms with Crippen LogP contribution in [0.25, 0.3) is 5.52 Å². The standard InChI is InChI=1S/C24H28F3N7O4/c1-31-12-14(24(25,26)27)9-16(22(31)36)30-23(37)32(2)15-5-7-33(8-6-15)17-11-29-34-13-21(28-10-18(17)34)38-20-4-3-19(20)35/h9-13,15,19-20,35H,3-8H2,1-2H3,(H,30,37)/t19-,20+/m0/s1. The van der Waals surface area contributed by atoms with E-state index in [2.05, 4.69) is 20.3 Å². The Hall–Kier alpha value is -3.81. The number of aliphatic hydroxyl groups excluding tert-OH is 1. The van der Waals surface area contributed by atoms with Gasteiger partial charge in [-0.2, -0.15) is 18.3 Å². The molecule has 2 N–H and O–H groups in total. The predicted octanol–water partition coefficient (Wildman–Crippen LogP) is 2.48. The molecule has 204 valence electrons. The van der Waals surface area contributed by atoms with Gasteiger partial charge in [-0.15, -0.1) is 0 Å². The number of aliphatic hydroxyl groups is 1. The van der Waals surface area contributed by atoms with Gasteiger partial charge in [-0.25, -0.2) is 14.3 Å². The molecule has 0 radical (unpaired) electrons. The number of anilines is 2. The maximum absolute atomic E-state index is 13.1. The highest BCUT2D eigenvalue weighted by Gasteiger charge is 2.33. The van der Waals surface area contributed by atoms with Crippen LogP contribution >= 0.6 is 0 Å². The van der Waals surface area contributed by atoms with Crippen molar-refractivity contribution in [1.82, 2.24) is 24.1 Å². The summed E-state index contributed by atoms with van der Waals surface area (Å²) in [5.41, 5.74) is -0.505. The molecular weight excluding hydrogens is 507 g/mol. The molecule has 3 aromatic heterocycles. The van der Waals surface area contributed by atoms with Crippen molar-refractivity contribution < 1.29 is 27.8 Å². The van der Waals surface area contributed by atoms with Gasteiger partial charge in [-0.3, -0.25) is 4.79 Å². The molecule has 1 saturated carbocycles. The maximum atomic E-state index is 13.1. The first-order chi connectivity index (χ1) is 18.0. The second-order valence-corrected chi connectivity index (χ2v) is 9.70. The number of carbonyl (C=O) groups is 1. The van der Waals surface area contributed by atoms with E-state index in [1.165, 1.54) is 11.9 Å². The summed E-state index contributed by atoms with van der Waals surface area (Å²) in [5.74, 6) is 0.387. The number of aromatic nitrogens is 4. The van der Waals surface area contributed by atoms with Crippen LogP contribution in [0.4, 0.5) is 29.3 Å². The average Bonchev–Trinajstić information content (AvgIpc) is 3.31. The van der Waals surface area contributed by atoms with E-state index in [4.69, 9.17) is 4.74 Å². The van der Waals surface area contributed by atoms with E-state index in [1.54, 1.807) is 30.2 Å². The molecule has 3 aromatic rings. The van der Waals surface area contributed by atoms with Crippen molar-refractivity contribution in [2.75, 3.05) is 30.4 Å². The first-order valence-corrected chi connectivity index (χ1v) is 12.3. The van der Waals surface area contributed by atoms with Crippen molar-refractivity contribution in [2.45, 2.75) is 50.1 Å². The minimum Gasteiger partial charge on any atom is -0.471 e. The summed E-state index contributed by atoms with van der Waals surface area (Å²) in [6, 6.07) is -0.167. The molecule has 11 nitrogen and oxygen atoms in total. The molecule has 5 rings (SSSR count). The largest absolute Gasteiger partial charge is 0.471 e. The van der Waals surface area contributed by atoms with Gasteiger partial charge in [0.05, 0.1) is 35.9 Å². The molecule has 14 heteroatoms. The van der Waals surface area contributed by atoms with E-state index >= 15 is 0 Å². The van der Waals surface area contributed by atoms with Gasteiger partial charge in [-0.05, 0) is 31.7 Å². The summed E-state index contributed by atoms with van der Waals surface area (Å²) >= 11 is 0. The lowest BCUT2D eigenvalue weighted by atomic mass is 9.92. The molecule has 2 amide bonds. The van der Waals surface area contributed by atoms with E-state index in [9.17, 15) is 27.9 Å². The molecule has 4 heterocycles. The summed E-state index contributed by atoms with van der Waals surface area (Å²) in [7, 11) is 2.77. The van der Waals surface area contributed by atoms with Crippen LogP contribution in [0, 0.1) is 0 Å². The fourth-order valence-electron chi connectivity index (χ4n) is 4.72.